The summed E-state index contributed by atoms with van der Waals surface area (Å²) in [6, 6.07) is -0.660. The van der Waals surface area contributed by atoms with Gasteiger partial charge in [-0.15, -0.1) is 0 Å². The maximum Gasteiger partial charge on any atom is 0.287 e. The second-order valence-corrected chi connectivity index (χ2v) is 19.4. The van der Waals surface area contributed by atoms with Crippen LogP contribution in [0.25, 0.3) is 0 Å². The normalized spacial score (nSPS) is 30.7. The summed E-state index contributed by atoms with van der Waals surface area (Å²) in [4.78, 5) is 70.8. The lowest BCUT2D eigenvalue weighted by Crippen LogP contribution is -2.49. The molecule has 5 rings (SSSR count). The van der Waals surface area contributed by atoms with Gasteiger partial charge in [-0.25, -0.2) is 12.7 Å². The molecule has 5 atom stereocenters. The number of hydrogen-bond acceptors (Lipinski definition) is 7. The molecular formula is C40H65N3O7S. The Kier molecular flexibility index (Phi) is 13.6. The van der Waals surface area contributed by atoms with Crippen LogP contribution in [0.4, 0.5) is 0 Å². The molecule has 3 aliphatic heterocycles. The first-order valence-electron chi connectivity index (χ1n) is 20.4. The largest absolute Gasteiger partial charge is 0.350 e. The van der Waals surface area contributed by atoms with E-state index in [1.807, 2.05) is 6.92 Å². The maximum atomic E-state index is 14.6. The van der Waals surface area contributed by atoms with E-state index < -0.39 is 45.0 Å². The predicted octanol–water partition coefficient (Wildman–Crippen LogP) is 6.01. The number of amides is 2. The Labute approximate surface area is 307 Å². The van der Waals surface area contributed by atoms with Crippen molar-refractivity contribution in [2.75, 3.05) is 31.9 Å². The molecule has 1 N–H and O–H groups in total. The molecular weight excluding hydrogens is 667 g/mol. The van der Waals surface area contributed by atoms with Crippen LogP contribution in [0.5, 0.6) is 0 Å². The summed E-state index contributed by atoms with van der Waals surface area (Å²) >= 11 is 0. The molecule has 2 saturated carbocycles. The van der Waals surface area contributed by atoms with Crippen LogP contribution >= 0.6 is 0 Å². The molecule has 2 amide bonds. The second kappa shape index (κ2) is 17.3. The number of nitrogens with one attached hydrogen (secondary N) is 1. The van der Waals surface area contributed by atoms with E-state index in [9.17, 15) is 32.4 Å². The zero-order chi connectivity index (χ0) is 36.8. The summed E-state index contributed by atoms with van der Waals surface area (Å²) in [6.07, 6.45) is 14.5. The first-order chi connectivity index (χ1) is 24.3. The van der Waals surface area contributed by atoms with E-state index in [4.69, 9.17) is 0 Å². The smallest absolute Gasteiger partial charge is 0.287 e. The average molecular weight is 732 g/mol. The molecule has 3 saturated heterocycles. The molecule has 2 aliphatic carbocycles. The van der Waals surface area contributed by atoms with Gasteiger partial charge in [0, 0.05) is 57.3 Å². The van der Waals surface area contributed by atoms with E-state index >= 15 is 0 Å². The summed E-state index contributed by atoms with van der Waals surface area (Å²) in [5.74, 6) is -2.60. The first-order valence-corrected chi connectivity index (χ1v) is 22.1. The summed E-state index contributed by atoms with van der Waals surface area (Å²) in [7, 11) is -3.48. The van der Waals surface area contributed by atoms with Crippen LogP contribution in [0.1, 0.15) is 149 Å². The minimum atomic E-state index is -3.48. The number of piperidine rings is 1. The van der Waals surface area contributed by atoms with Crippen LogP contribution in [0.15, 0.2) is 0 Å². The third kappa shape index (κ3) is 9.70. The van der Waals surface area contributed by atoms with E-state index in [0.717, 1.165) is 77.0 Å². The average Bonchev–Trinajstić information content (AvgIpc) is 3.54. The fourth-order valence-electron chi connectivity index (χ4n) is 10.2. The molecule has 5 fully saturated rings. The van der Waals surface area contributed by atoms with Crippen LogP contribution in [-0.2, 0) is 34.0 Å². The van der Waals surface area contributed by atoms with Crippen molar-refractivity contribution >= 4 is 39.2 Å². The van der Waals surface area contributed by atoms with Crippen molar-refractivity contribution in [3.05, 3.63) is 0 Å². The zero-order valence-electron chi connectivity index (χ0n) is 31.7. The zero-order valence-corrected chi connectivity index (χ0v) is 32.5. The summed E-state index contributed by atoms with van der Waals surface area (Å²) in [5.41, 5.74) is -0.698. The highest BCUT2D eigenvalue weighted by Gasteiger charge is 2.69. The van der Waals surface area contributed by atoms with Crippen LogP contribution in [0.2, 0.25) is 0 Å². The topological polar surface area (TPSA) is 138 Å². The number of Topliss-reactive ketones (excluding diaryl/α,β-unsaturated/α-hetero) is 3. The Morgan fingerprint density at radius 1 is 0.843 bits per heavy atom. The van der Waals surface area contributed by atoms with Crippen molar-refractivity contribution in [1.29, 1.82) is 0 Å². The van der Waals surface area contributed by atoms with Gasteiger partial charge in [0.25, 0.3) is 5.91 Å². The summed E-state index contributed by atoms with van der Waals surface area (Å²) < 4.78 is 28.6. The molecule has 10 nitrogen and oxygen atoms in total. The van der Waals surface area contributed by atoms with E-state index in [-0.39, 0.29) is 59.7 Å². The van der Waals surface area contributed by atoms with Gasteiger partial charge in [0.2, 0.25) is 21.7 Å². The summed E-state index contributed by atoms with van der Waals surface area (Å²) in [6.45, 7) is 8.18. The molecule has 5 aliphatic rings. The highest BCUT2D eigenvalue weighted by molar-refractivity contribution is 7.89. The van der Waals surface area contributed by atoms with Gasteiger partial charge < -0.3 is 10.2 Å². The monoisotopic (exact) mass is 731 g/mol. The fourth-order valence-corrected chi connectivity index (χ4v) is 12.3. The lowest BCUT2D eigenvalue weighted by molar-refractivity contribution is -0.146. The van der Waals surface area contributed by atoms with Gasteiger partial charge in [-0.3, -0.25) is 24.0 Å². The van der Waals surface area contributed by atoms with Crippen molar-refractivity contribution in [3.8, 4) is 0 Å². The molecule has 0 aromatic heterocycles. The van der Waals surface area contributed by atoms with Crippen molar-refractivity contribution in [3.63, 3.8) is 0 Å². The molecule has 0 aromatic carbocycles. The number of sulfonamides is 1. The Morgan fingerprint density at radius 2 is 1.45 bits per heavy atom. The quantitative estimate of drug-likeness (QED) is 0.257. The summed E-state index contributed by atoms with van der Waals surface area (Å²) in [5, 5.41) is 2.70. The minimum Gasteiger partial charge on any atom is -0.350 e. The van der Waals surface area contributed by atoms with Crippen molar-refractivity contribution < 1.29 is 32.4 Å². The van der Waals surface area contributed by atoms with E-state index in [1.54, 1.807) is 9.21 Å². The van der Waals surface area contributed by atoms with E-state index in [2.05, 4.69) is 19.2 Å². The second-order valence-electron chi connectivity index (χ2n) is 17.5. The van der Waals surface area contributed by atoms with Crippen LogP contribution in [0, 0.1) is 34.5 Å². The highest BCUT2D eigenvalue weighted by atomic mass is 32.2. The Bertz CT molecular complexity index is 1380. The standard InChI is InChI=1S/C40H65N3O7S/c1-4-21-41-37(47)36(46)29-17-11-8-6-5-7-9-12-18-30(38(48)43-27-32-34(39(32,2)3)35(43)33(45)25-29)24-31(44)26-40(19-13-10-14-20-40)28-51(49,50)42-22-15-16-23-42/h29-30,32,34-35H,4-28H2,1-3H3,(H,41,47)/t29-,30-,32+,34+,35-/m1/s1. The number of carbonyl (C=O) groups excluding carboxylic acids is 5. The minimum absolute atomic E-state index is 0.00184. The number of ketones is 3. The van der Waals surface area contributed by atoms with Crippen molar-refractivity contribution in [1.82, 2.24) is 14.5 Å². The first kappa shape index (κ1) is 40.1. The van der Waals surface area contributed by atoms with Gasteiger partial charge in [-0.2, -0.15) is 0 Å². The SMILES string of the molecule is CCCNC(=O)C(=O)[C@@H]1CCCCCCCCC[C@H](CC(=O)CC2(CS(=O)(=O)N3CCCC3)CCCCC2)C(=O)N2C[C@H]3[C@@H]([C@H]2C(=O)C1)C3(C)C. The lowest BCUT2D eigenvalue weighted by atomic mass is 9.71. The molecule has 0 spiro atoms. The van der Waals surface area contributed by atoms with Gasteiger partial charge >= 0.3 is 0 Å². The highest BCUT2D eigenvalue weighted by Crippen LogP contribution is 2.65. The molecule has 3 heterocycles. The maximum absolute atomic E-state index is 14.6. The van der Waals surface area contributed by atoms with Crippen LogP contribution in [-0.4, -0.2) is 84.8 Å². The molecule has 11 heteroatoms. The van der Waals surface area contributed by atoms with Gasteiger partial charge in [-0.05, 0) is 67.6 Å². The molecule has 0 bridgehead atoms. The molecule has 0 radical (unpaired) electrons. The van der Waals surface area contributed by atoms with Crippen LogP contribution < -0.4 is 5.32 Å². The molecule has 0 aromatic rings. The van der Waals surface area contributed by atoms with Crippen molar-refractivity contribution in [2.24, 2.45) is 34.5 Å². The molecule has 51 heavy (non-hydrogen) atoms. The van der Waals surface area contributed by atoms with Crippen LogP contribution in [0.3, 0.4) is 0 Å². The van der Waals surface area contributed by atoms with Gasteiger partial charge in [0.05, 0.1) is 11.8 Å². The number of carbonyl (C=O) groups is 5. The number of hydrogen-bond donors (Lipinski definition) is 1. The lowest BCUT2D eigenvalue weighted by Gasteiger charge is -2.38. The molecule has 288 valence electrons. The van der Waals surface area contributed by atoms with Gasteiger partial charge in [0.15, 0.2) is 5.78 Å². The Morgan fingerprint density at radius 3 is 2.10 bits per heavy atom. The molecule has 0 unspecified atom stereocenters. The Balaban J connectivity index is 1.35. The third-order valence-electron chi connectivity index (χ3n) is 13.3. The Hall–Kier alpha value is -2.14. The number of fused-ring (bicyclic) bond motifs is 3. The number of rotatable bonds is 11. The van der Waals surface area contributed by atoms with Gasteiger partial charge in [-0.1, -0.05) is 85.0 Å². The predicted molar refractivity (Wildman–Crippen MR) is 197 cm³/mol. The third-order valence-corrected chi connectivity index (χ3v) is 15.4. The van der Waals surface area contributed by atoms with E-state index in [0.29, 0.717) is 58.3 Å². The van der Waals surface area contributed by atoms with Gasteiger partial charge in [0.1, 0.15) is 5.78 Å². The van der Waals surface area contributed by atoms with Crippen molar-refractivity contribution in [2.45, 2.75) is 155 Å². The number of nitrogens with zero attached hydrogens (tertiary/aromatic N) is 2. The van der Waals surface area contributed by atoms with E-state index in [1.165, 1.54) is 0 Å². The fraction of sp³-hybridized carbons (Fsp3) is 0.875.